The molecule has 4 nitrogen and oxygen atoms in total. The molecule has 0 saturated carbocycles. The number of hydrogen-bond acceptors (Lipinski definition) is 4. The lowest BCUT2D eigenvalue weighted by Gasteiger charge is -2.08. The van der Waals surface area contributed by atoms with Gasteiger partial charge in [-0.25, -0.2) is 9.97 Å². The molecule has 0 bridgehead atoms. The summed E-state index contributed by atoms with van der Waals surface area (Å²) >= 11 is 3.47. The summed E-state index contributed by atoms with van der Waals surface area (Å²) in [5, 5.41) is 6.21. The average Bonchev–Trinajstić information content (AvgIpc) is 2.28. The maximum absolute atomic E-state index is 4.16. The van der Waals surface area contributed by atoms with Gasteiger partial charge in [0.2, 0.25) is 0 Å². The van der Waals surface area contributed by atoms with Crippen LogP contribution in [0.5, 0.6) is 0 Å². The minimum atomic E-state index is 0.766. The summed E-state index contributed by atoms with van der Waals surface area (Å²) in [6, 6.07) is 7.99. The molecule has 2 N–H and O–H groups in total. The zero-order valence-corrected chi connectivity index (χ0v) is 11.2. The van der Waals surface area contributed by atoms with Gasteiger partial charge in [0.15, 0.2) is 0 Å². The highest BCUT2D eigenvalue weighted by Gasteiger charge is 2.00. The molecule has 0 radical (unpaired) electrons. The van der Waals surface area contributed by atoms with E-state index in [2.05, 4.69) is 55.6 Å². The molecule has 1 aromatic heterocycles. The first-order chi connectivity index (χ1) is 8.17. The van der Waals surface area contributed by atoms with Gasteiger partial charge in [-0.05, 0) is 30.7 Å². The predicted octanol–water partition coefficient (Wildman–Crippen LogP) is 3.33. The van der Waals surface area contributed by atoms with Crippen LogP contribution in [-0.2, 0) is 0 Å². The van der Waals surface area contributed by atoms with Crippen molar-refractivity contribution in [2.24, 2.45) is 0 Å². The molecule has 2 rings (SSSR count). The fraction of sp³-hybridized carbons (Fsp3) is 0.167. The van der Waals surface area contributed by atoms with Gasteiger partial charge in [-0.1, -0.05) is 15.9 Å². The van der Waals surface area contributed by atoms with Crippen molar-refractivity contribution >= 4 is 33.3 Å². The number of rotatable bonds is 3. The molecule has 0 saturated heterocycles. The van der Waals surface area contributed by atoms with Gasteiger partial charge in [-0.15, -0.1) is 0 Å². The van der Waals surface area contributed by atoms with E-state index in [1.54, 1.807) is 0 Å². The van der Waals surface area contributed by atoms with Crippen molar-refractivity contribution in [1.82, 2.24) is 9.97 Å². The molecule has 5 heteroatoms. The fourth-order valence-corrected chi connectivity index (χ4v) is 2.13. The Morgan fingerprint density at radius 2 is 1.82 bits per heavy atom. The minimum Gasteiger partial charge on any atom is -0.373 e. The van der Waals surface area contributed by atoms with Crippen molar-refractivity contribution in [1.29, 1.82) is 0 Å². The molecule has 0 fully saturated rings. The smallest absolute Gasteiger partial charge is 0.135 e. The van der Waals surface area contributed by atoms with Crippen molar-refractivity contribution in [3.05, 3.63) is 40.6 Å². The standard InChI is InChI=1S/C12H13BrN4/c1-8-3-9(13)5-10(4-8)17-12-6-11(14-2)15-7-16-12/h3-7H,1-2H3,(H2,14,15,16,17). The largest absolute Gasteiger partial charge is 0.373 e. The van der Waals surface area contributed by atoms with Gasteiger partial charge < -0.3 is 10.6 Å². The highest BCUT2D eigenvalue weighted by atomic mass is 79.9. The number of anilines is 3. The van der Waals surface area contributed by atoms with Crippen LogP contribution in [0.15, 0.2) is 35.1 Å². The zero-order valence-electron chi connectivity index (χ0n) is 9.66. The Bertz CT molecular complexity index is 507. The molecule has 17 heavy (non-hydrogen) atoms. The van der Waals surface area contributed by atoms with Crippen LogP contribution in [0.4, 0.5) is 17.3 Å². The normalized spacial score (nSPS) is 10.1. The fourth-order valence-electron chi connectivity index (χ4n) is 1.52. The van der Waals surface area contributed by atoms with E-state index >= 15 is 0 Å². The quantitative estimate of drug-likeness (QED) is 0.911. The van der Waals surface area contributed by atoms with Crippen LogP contribution in [-0.4, -0.2) is 17.0 Å². The SMILES string of the molecule is CNc1cc(Nc2cc(C)cc(Br)c2)ncn1. The van der Waals surface area contributed by atoms with Crippen molar-refractivity contribution in [3.8, 4) is 0 Å². The molecule has 0 aliphatic rings. The summed E-state index contributed by atoms with van der Waals surface area (Å²) in [7, 11) is 1.83. The van der Waals surface area contributed by atoms with Crippen LogP contribution < -0.4 is 10.6 Å². The summed E-state index contributed by atoms with van der Waals surface area (Å²) in [5.74, 6) is 1.55. The second-order valence-electron chi connectivity index (χ2n) is 3.68. The second kappa shape index (κ2) is 5.14. The molecular formula is C12H13BrN4. The van der Waals surface area contributed by atoms with E-state index in [1.165, 1.54) is 11.9 Å². The first-order valence-corrected chi connectivity index (χ1v) is 6.00. The van der Waals surface area contributed by atoms with Gasteiger partial charge in [-0.3, -0.25) is 0 Å². The Morgan fingerprint density at radius 1 is 1.06 bits per heavy atom. The van der Waals surface area contributed by atoms with Crippen molar-refractivity contribution in [2.45, 2.75) is 6.92 Å². The van der Waals surface area contributed by atoms with Crippen molar-refractivity contribution < 1.29 is 0 Å². The van der Waals surface area contributed by atoms with Crippen LogP contribution in [0.3, 0.4) is 0 Å². The highest BCUT2D eigenvalue weighted by molar-refractivity contribution is 9.10. The summed E-state index contributed by atoms with van der Waals surface area (Å²) in [6.45, 7) is 2.05. The molecular weight excluding hydrogens is 280 g/mol. The number of benzene rings is 1. The lowest BCUT2D eigenvalue weighted by atomic mass is 10.2. The van der Waals surface area contributed by atoms with Gasteiger partial charge in [0, 0.05) is 23.3 Å². The van der Waals surface area contributed by atoms with E-state index in [1.807, 2.05) is 19.2 Å². The third-order valence-corrected chi connectivity index (χ3v) is 2.70. The monoisotopic (exact) mass is 292 g/mol. The molecule has 1 aromatic carbocycles. The molecule has 0 aliphatic heterocycles. The van der Waals surface area contributed by atoms with E-state index in [9.17, 15) is 0 Å². The topological polar surface area (TPSA) is 49.8 Å². The number of aryl methyl sites for hydroxylation is 1. The van der Waals surface area contributed by atoms with Gasteiger partial charge in [0.1, 0.15) is 18.0 Å². The first-order valence-electron chi connectivity index (χ1n) is 5.21. The maximum Gasteiger partial charge on any atom is 0.135 e. The van der Waals surface area contributed by atoms with Crippen LogP contribution in [0.25, 0.3) is 0 Å². The highest BCUT2D eigenvalue weighted by Crippen LogP contribution is 2.22. The Balaban J connectivity index is 2.24. The Morgan fingerprint density at radius 3 is 2.53 bits per heavy atom. The van der Waals surface area contributed by atoms with E-state index in [0.717, 1.165) is 21.8 Å². The minimum absolute atomic E-state index is 0.766. The summed E-state index contributed by atoms with van der Waals surface area (Å²) in [5.41, 5.74) is 2.18. The van der Waals surface area contributed by atoms with Crippen LogP contribution in [0.1, 0.15) is 5.56 Å². The lowest BCUT2D eigenvalue weighted by Crippen LogP contribution is -1.98. The molecule has 2 aromatic rings. The molecule has 88 valence electrons. The summed E-state index contributed by atoms with van der Waals surface area (Å²) < 4.78 is 1.04. The number of aromatic nitrogens is 2. The number of hydrogen-bond donors (Lipinski definition) is 2. The summed E-state index contributed by atoms with van der Waals surface area (Å²) in [4.78, 5) is 8.23. The van der Waals surface area contributed by atoms with E-state index in [-0.39, 0.29) is 0 Å². The maximum atomic E-state index is 4.16. The third kappa shape index (κ3) is 3.17. The number of nitrogens with one attached hydrogen (secondary N) is 2. The first kappa shape index (κ1) is 11.9. The zero-order chi connectivity index (χ0) is 12.3. The summed E-state index contributed by atoms with van der Waals surface area (Å²) in [6.07, 6.45) is 1.53. The molecule has 0 atom stereocenters. The van der Waals surface area contributed by atoms with E-state index in [4.69, 9.17) is 0 Å². The van der Waals surface area contributed by atoms with Crippen LogP contribution >= 0.6 is 15.9 Å². The van der Waals surface area contributed by atoms with Crippen molar-refractivity contribution in [2.75, 3.05) is 17.7 Å². The van der Waals surface area contributed by atoms with E-state index < -0.39 is 0 Å². The van der Waals surface area contributed by atoms with Gasteiger partial charge >= 0.3 is 0 Å². The van der Waals surface area contributed by atoms with E-state index in [0.29, 0.717) is 0 Å². The Labute approximate surface area is 109 Å². The molecule has 0 spiro atoms. The Hall–Kier alpha value is -1.62. The number of nitrogens with zero attached hydrogens (tertiary/aromatic N) is 2. The average molecular weight is 293 g/mol. The van der Waals surface area contributed by atoms with Gasteiger partial charge in [-0.2, -0.15) is 0 Å². The molecule has 0 amide bonds. The third-order valence-electron chi connectivity index (χ3n) is 2.24. The molecule has 0 aliphatic carbocycles. The Kier molecular flexibility index (Phi) is 3.58. The second-order valence-corrected chi connectivity index (χ2v) is 4.60. The number of halogens is 1. The van der Waals surface area contributed by atoms with Crippen LogP contribution in [0, 0.1) is 6.92 Å². The molecule has 1 heterocycles. The van der Waals surface area contributed by atoms with Crippen molar-refractivity contribution in [3.63, 3.8) is 0 Å². The van der Waals surface area contributed by atoms with Gasteiger partial charge in [0.05, 0.1) is 0 Å². The molecule has 0 unspecified atom stereocenters. The predicted molar refractivity (Wildman–Crippen MR) is 73.7 cm³/mol. The van der Waals surface area contributed by atoms with Crippen LogP contribution in [0.2, 0.25) is 0 Å². The van der Waals surface area contributed by atoms with Gasteiger partial charge in [0.25, 0.3) is 0 Å². The lowest BCUT2D eigenvalue weighted by molar-refractivity contribution is 1.16.